The van der Waals surface area contributed by atoms with Crippen molar-refractivity contribution in [1.29, 1.82) is 0 Å². The SMILES string of the molecule is COC(=O)C[C@H]1C[C@@H](O[Si](C)(C)C(C)(C)C)[C@@H](CO[Si](C)(C)C(C)(C)C)N1C(=O)OCc1ccccc1. The predicted octanol–water partition coefficient (Wildman–Crippen LogP) is 6.74. The van der Waals surface area contributed by atoms with Crippen LogP contribution in [0.2, 0.25) is 36.3 Å². The van der Waals surface area contributed by atoms with Crippen molar-refractivity contribution in [2.45, 2.75) is 115 Å². The maximum absolute atomic E-state index is 13.6. The lowest BCUT2D eigenvalue weighted by Crippen LogP contribution is -2.53. The van der Waals surface area contributed by atoms with Gasteiger partial charge in [0.1, 0.15) is 6.61 Å². The van der Waals surface area contributed by atoms with Crippen LogP contribution in [0, 0.1) is 0 Å². The number of rotatable bonds is 9. The fraction of sp³-hybridized carbons (Fsp3) is 0.714. The first kappa shape index (κ1) is 31.5. The average molecular weight is 552 g/mol. The first-order valence-electron chi connectivity index (χ1n) is 13.3. The molecule has 1 aliphatic heterocycles. The normalized spacial score (nSPS) is 21.2. The highest BCUT2D eigenvalue weighted by Crippen LogP contribution is 2.42. The molecule has 7 nitrogen and oxygen atoms in total. The highest BCUT2D eigenvalue weighted by atomic mass is 28.4. The van der Waals surface area contributed by atoms with Gasteiger partial charge in [-0.15, -0.1) is 0 Å². The van der Waals surface area contributed by atoms with Crippen LogP contribution in [0.5, 0.6) is 0 Å². The monoisotopic (exact) mass is 551 g/mol. The highest BCUT2D eigenvalue weighted by Gasteiger charge is 2.51. The number of carbonyl (C=O) groups is 2. The van der Waals surface area contributed by atoms with Crippen LogP contribution in [0.1, 0.15) is 59.9 Å². The molecule has 210 valence electrons. The Hall–Kier alpha value is -1.69. The summed E-state index contributed by atoms with van der Waals surface area (Å²) in [5, 5.41) is 0.0162. The molecular formula is C28H49NO6Si2. The number of likely N-dealkylation sites (tertiary alicyclic amines) is 1. The third-order valence-corrected chi connectivity index (χ3v) is 17.4. The summed E-state index contributed by atoms with van der Waals surface area (Å²) in [6.45, 7) is 22.5. The van der Waals surface area contributed by atoms with Crippen LogP contribution in [-0.4, -0.2) is 65.5 Å². The van der Waals surface area contributed by atoms with E-state index in [1.807, 2.05) is 30.3 Å². The van der Waals surface area contributed by atoms with Crippen molar-refractivity contribution in [2.24, 2.45) is 0 Å². The van der Waals surface area contributed by atoms with E-state index in [-0.39, 0.29) is 41.2 Å². The Morgan fingerprint density at radius 3 is 2.03 bits per heavy atom. The molecule has 1 aromatic rings. The van der Waals surface area contributed by atoms with Crippen LogP contribution >= 0.6 is 0 Å². The van der Waals surface area contributed by atoms with E-state index in [1.54, 1.807) is 4.90 Å². The van der Waals surface area contributed by atoms with Gasteiger partial charge in [0.2, 0.25) is 0 Å². The molecule has 9 heteroatoms. The van der Waals surface area contributed by atoms with Gasteiger partial charge in [-0.1, -0.05) is 71.9 Å². The third-order valence-electron chi connectivity index (χ3n) is 8.40. The summed E-state index contributed by atoms with van der Waals surface area (Å²) in [7, 11) is -2.91. The number of methoxy groups -OCH3 is 1. The Balaban J connectivity index is 2.40. The van der Waals surface area contributed by atoms with Gasteiger partial charge in [-0.2, -0.15) is 0 Å². The van der Waals surface area contributed by atoms with E-state index < -0.39 is 28.8 Å². The molecule has 0 radical (unpaired) electrons. The maximum atomic E-state index is 13.6. The van der Waals surface area contributed by atoms with Gasteiger partial charge in [-0.3, -0.25) is 9.69 Å². The molecular weight excluding hydrogens is 502 g/mol. The number of ether oxygens (including phenoxy) is 2. The summed E-state index contributed by atoms with van der Waals surface area (Å²) in [5.41, 5.74) is 0.905. The Kier molecular flexibility index (Phi) is 10.2. The largest absolute Gasteiger partial charge is 0.469 e. The van der Waals surface area contributed by atoms with Crippen LogP contribution in [-0.2, 0) is 29.7 Å². The number of nitrogens with zero attached hydrogens (tertiary/aromatic N) is 1. The highest BCUT2D eigenvalue weighted by molar-refractivity contribution is 6.74. The fourth-order valence-corrected chi connectivity index (χ4v) is 6.29. The molecule has 1 saturated heterocycles. The zero-order chi connectivity index (χ0) is 28.2. The molecule has 1 aliphatic rings. The van der Waals surface area contributed by atoms with Crippen LogP contribution in [0.3, 0.4) is 0 Å². The Bertz CT molecular complexity index is 907. The molecule has 1 amide bonds. The van der Waals surface area contributed by atoms with E-state index in [0.717, 1.165) is 5.56 Å². The predicted molar refractivity (Wildman–Crippen MR) is 153 cm³/mol. The molecule has 2 rings (SSSR count). The van der Waals surface area contributed by atoms with E-state index in [9.17, 15) is 9.59 Å². The summed E-state index contributed by atoms with van der Waals surface area (Å²) in [6, 6.07) is 8.85. The van der Waals surface area contributed by atoms with Crippen LogP contribution < -0.4 is 0 Å². The second-order valence-electron chi connectivity index (χ2n) is 13.2. The molecule has 0 aliphatic carbocycles. The molecule has 1 aromatic carbocycles. The molecule has 0 spiro atoms. The van der Waals surface area contributed by atoms with E-state index in [2.05, 4.69) is 67.7 Å². The first-order chi connectivity index (χ1) is 16.9. The van der Waals surface area contributed by atoms with Crippen LogP contribution in [0.4, 0.5) is 4.79 Å². The molecule has 0 N–H and O–H groups in total. The molecule has 0 unspecified atom stereocenters. The zero-order valence-electron chi connectivity index (χ0n) is 24.8. The van der Waals surface area contributed by atoms with Gasteiger partial charge in [0.05, 0.1) is 32.3 Å². The van der Waals surface area contributed by atoms with Crippen LogP contribution in [0.25, 0.3) is 0 Å². The minimum atomic E-state index is -2.18. The number of hydrogen-bond acceptors (Lipinski definition) is 6. The molecule has 0 bridgehead atoms. The minimum absolute atomic E-state index is 0.00305. The van der Waals surface area contributed by atoms with Crippen molar-refractivity contribution >= 4 is 28.7 Å². The second kappa shape index (κ2) is 12.0. The Morgan fingerprint density at radius 2 is 1.51 bits per heavy atom. The third kappa shape index (κ3) is 8.15. The summed E-state index contributed by atoms with van der Waals surface area (Å²) in [4.78, 5) is 27.7. The van der Waals surface area contributed by atoms with Gasteiger partial charge < -0.3 is 18.3 Å². The molecule has 0 aromatic heterocycles. The quantitative estimate of drug-likeness (QED) is 0.250. The number of carbonyl (C=O) groups excluding carboxylic acids is 2. The Labute approximate surface area is 226 Å². The number of esters is 1. The molecule has 3 atom stereocenters. The smallest absolute Gasteiger partial charge is 0.410 e. The minimum Gasteiger partial charge on any atom is -0.469 e. The lowest BCUT2D eigenvalue weighted by atomic mass is 10.1. The van der Waals surface area contributed by atoms with Gasteiger partial charge in [-0.25, -0.2) is 4.79 Å². The van der Waals surface area contributed by atoms with Crippen molar-refractivity contribution in [2.75, 3.05) is 13.7 Å². The summed E-state index contributed by atoms with van der Waals surface area (Å²) >= 11 is 0. The fourth-order valence-electron chi connectivity index (χ4n) is 3.90. The first-order valence-corrected chi connectivity index (χ1v) is 19.1. The molecule has 37 heavy (non-hydrogen) atoms. The van der Waals surface area contributed by atoms with Crippen molar-refractivity contribution in [1.82, 2.24) is 4.90 Å². The number of amides is 1. The van der Waals surface area contributed by atoms with Gasteiger partial charge in [0.15, 0.2) is 16.6 Å². The number of hydrogen-bond donors (Lipinski definition) is 0. The van der Waals surface area contributed by atoms with E-state index >= 15 is 0 Å². The second-order valence-corrected chi connectivity index (χ2v) is 22.7. The molecule has 1 heterocycles. The zero-order valence-corrected chi connectivity index (χ0v) is 26.8. The summed E-state index contributed by atoms with van der Waals surface area (Å²) in [6.07, 6.45) is -0.0918. The van der Waals surface area contributed by atoms with Gasteiger partial charge in [-0.05, 0) is 48.2 Å². The summed E-state index contributed by atoms with van der Waals surface area (Å²) < 4.78 is 24.3. The van der Waals surface area contributed by atoms with Gasteiger partial charge in [0.25, 0.3) is 0 Å². The molecule has 1 fully saturated rings. The van der Waals surface area contributed by atoms with E-state index in [1.165, 1.54) is 7.11 Å². The number of benzene rings is 1. The van der Waals surface area contributed by atoms with Crippen molar-refractivity contribution in [3.8, 4) is 0 Å². The lowest BCUT2D eigenvalue weighted by molar-refractivity contribution is -0.141. The summed E-state index contributed by atoms with van der Waals surface area (Å²) in [5.74, 6) is -0.358. The van der Waals surface area contributed by atoms with Gasteiger partial charge >= 0.3 is 12.1 Å². The Morgan fingerprint density at radius 1 is 0.946 bits per heavy atom. The molecule has 0 saturated carbocycles. The lowest BCUT2D eigenvalue weighted by Gasteiger charge is -2.42. The van der Waals surface area contributed by atoms with Gasteiger partial charge in [0, 0.05) is 6.04 Å². The van der Waals surface area contributed by atoms with E-state index in [0.29, 0.717) is 13.0 Å². The van der Waals surface area contributed by atoms with Crippen LogP contribution in [0.15, 0.2) is 30.3 Å². The average Bonchev–Trinajstić information content (AvgIpc) is 3.10. The maximum Gasteiger partial charge on any atom is 0.410 e. The topological polar surface area (TPSA) is 74.3 Å². The van der Waals surface area contributed by atoms with Crippen molar-refractivity contribution < 1.29 is 27.9 Å². The van der Waals surface area contributed by atoms with Crippen molar-refractivity contribution in [3.63, 3.8) is 0 Å². The standard InChI is InChI=1S/C28H49NO6Si2/c1-27(2,3)36(8,9)34-20-23-24(35-37(10,11)28(4,5)6)17-22(18-25(30)32-7)29(23)26(31)33-19-21-15-13-12-14-16-21/h12-16,22-24H,17-20H2,1-11H3/t22-,23-,24-/m1/s1. The van der Waals surface area contributed by atoms with E-state index in [4.69, 9.17) is 18.3 Å². The van der Waals surface area contributed by atoms with Crippen molar-refractivity contribution in [3.05, 3.63) is 35.9 Å².